The number of primary amides is 1. The normalized spacial score (nSPS) is 10.4. The Bertz CT molecular complexity index is 895. The molecule has 0 atom stereocenters. The van der Waals surface area contributed by atoms with Crippen LogP contribution in [0.4, 0.5) is 4.79 Å². The summed E-state index contributed by atoms with van der Waals surface area (Å²) in [6.45, 7) is 0.0905. The van der Waals surface area contributed by atoms with E-state index in [9.17, 15) is 9.59 Å². The van der Waals surface area contributed by atoms with Crippen LogP contribution in [0, 0.1) is 0 Å². The molecule has 0 aliphatic heterocycles. The van der Waals surface area contributed by atoms with Crippen molar-refractivity contribution < 1.29 is 33.1 Å². The van der Waals surface area contributed by atoms with Gasteiger partial charge in [0.2, 0.25) is 5.76 Å². The average molecular weight is 344 g/mol. The molecule has 3 aromatic rings. The first-order valence-electron chi connectivity index (χ1n) is 7.00. The van der Waals surface area contributed by atoms with Gasteiger partial charge in [0.05, 0.1) is 6.07 Å². The number of amides is 1. The lowest BCUT2D eigenvalue weighted by molar-refractivity contribution is 0.0658. The number of carboxylic acids is 1. The van der Waals surface area contributed by atoms with Crippen molar-refractivity contribution in [2.45, 2.75) is 6.61 Å². The Balaban J connectivity index is 1.62. The predicted octanol–water partition coefficient (Wildman–Crippen LogP) is 2.67. The van der Waals surface area contributed by atoms with Gasteiger partial charge in [-0.2, -0.15) is 0 Å². The van der Waals surface area contributed by atoms with Gasteiger partial charge in [-0.25, -0.2) is 9.59 Å². The molecular weight excluding hydrogens is 332 g/mol. The van der Waals surface area contributed by atoms with E-state index in [0.717, 1.165) is 0 Å². The van der Waals surface area contributed by atoms with Crippen LogP contribution in [0.1, 0.15) is 16.3 Å². The molecule has 3 N–H and O–H groups in total. The number of carbonyl (C=O) groups excluding carboxylic acids is 1. The third kappa shape index (κ3) is 3.96. The van der Waals surface area contributed by atoms with Gasteiger partial charge in [-0.05, 0) is 36.4 Å². The highest BCUT2D eigenvalue weighted by molar-refractivity contribution is 5.84. The minimum atomic E-state index is -1.14. The number of carbonyl (C=O) groups is 2. The number of nitrogens with two attached hydrogens (primary N) is 1. The van der Waals surface area contributed by atoms with E-state index in [2.05, 4.69) is 9.89 Å². The Morgan fingerprint density at radius 3 is 2.56 bits per heavy atom. The fourth-order valence-electron chi connectivity index (χ4n) is 1.99. The largest absolute Gasteiger partial charge is 0.486 e. The van der Waals surface area contributed by atoms with Crippen LogP contribution < -0.4 is 15.2 Å². The lowest BCUT2D eigenvalue weighted by atomic mass is 10.1. The number of nitrogens with zero attached hydrogens (tertiary/aromatic N) is 1. The van der Waals surface area contributed by atoms with Crippen molar-refractivity contribution in [3.8, 4) is 23.0 Å². The van der Waals surface area contributed by atoms with E-state index < -0.39 is 12.1 Å². The predicted molar refractivity (Wildman–Crippen MR) is 82.1 cm³/mol. The molecular formula is C16H12N2O7. The number of benzene rings is 1. The zero-order valence-electron chi connectivity index (χ0n) is 12.7. The summed E-state index contributed by atoms with van der Waals surface area (Å²) in [7, 11) is 0. The highest BCUT2D eigenvalue weighted by atomic mass is 16.7. The summed E-state index contributed by atoms with van der Waals surface area (Å²) in [5, 5.41) is 12.6. The molecule has 128 valence electrons. The molecule has 9 heteroatoms. The Morgan fingerprint density at radius 2 is 1.92 bits per heavy atom. The van der Waals surface area contributed by atoms with Crippen LogP contribution >= 0.6 is 0 Å². The first-order valence-corrected chi connectivity index (χ1v) is 7.00. The number of furan rings is 1. The Kier molecular flexibility index (Phi) is 4.38. The van der Waals surface area contributed by atoms with Gasteiger partial charge in [0.25, 0.3) is 0 Å². The molecule has 0 saturated heterocycles. The van der Waals surface area contributed by atoms with E-state index >= 15 is 0 Å². The standard InChI is InChI=1S/C16H12N2O7/c17-16(21)24-14-7-12(18-25-14)9-1-3-10(4-2-9)22-8-11-5-6-13(23-11)15(19)20/h1-7H,8H2,(H2,17,21)(H,19,20). The van der Waals surface area contributed by atoms with Gasteiger partial charge < -0.3 is 29.3 Å². The Hall–Kier alpha value is -3.75. The van der Waals surface area contributed by atoms with E-state index in [4.69, 9.17) is 24.5 Å². The number of hydrogen-bond acceptors (Lipinski definition) is 7. The third-order valence-corrected chi connectivity index (χ3v) is 3.09. The summed E-state index contributed by atoms with van der Waals surface area (Å²) < 4.78 is 20.0. The monoisotopic (exact) mass is 344 g/mol. The molecule has 0 aliphatic rings. The second-order valence-electron chi connectivity index (χ2n) is 4.84. The quantitative estimate of drug-likeness (QED) is 0.696. The topological polar surface area (TPSA) is 138 Å². The second-order valence-corrected chi connectivity index (χ2v) is 4.84. The summed E-state index contributed by atoms with van der Waals surface area (Å²) in [4.78, 5) is 21.4. The van der Waals surface area contributed by atoms with Crippen LogP contribution in [-0.2, 0) is 6.61 Å². The second kappa shape index (κ2) is 6.79. The zero-order valence-corrected chi connectivity index (χ0v) is 12.7. The molecule has 0 fully saturated rings. The number of aromatic nitrogens is 1. The fourth-order valence-corrected chi connectivity index (χ4v) is 1.99. The molecule has 3 rings (SSSR count). The summed E-state index contributed by atoms with van der Waals surface area (Å²) in [6.07, 6.45) is -0.990. The minimum absolute atomic E-state index is 0.0905. The van der Waals surface area contributed by atoms with Crippen molar-refractivity contribution in [2.75, 3.05) is 0 Å². The summed E-state index contributed by atoms with van der Waals surface area (Å²) >= 11 is 0. The highest BCUT2D eigenvalue weighted by Crippen LogP contribution is 2.25. The fraction of sp³-hybridized carbons (Fsp3) is 0.0625. The van der Waals surface area contributed by atoms with Crippen molar-refractivity contribution in [2.24, 2.45) is 5.73 Å². The minimum Gasteiger partial charge on any atom is -0.486 e. The maximum Gasteiger partial charge on any atom is 0.412 e. The Labute approximate surface area is 140 Å². The summed E-state index contributed by atoms with van der Waals surface area (Å²) in [6, 6.07) is 11.2. The summed E-state index contributed by atoms with van der Waals surface area (Å²) in [5.74, 6) is -0.438. The molecule has 0 unspecified atom stereocenters. The lowest BCUT2D eigenvalue weighted by Crippen LogP contribution is -2.15. The maximum absolute atomic E-state index is 10.7. The lowest BCUT2D eigenvalue weighted by Gasteiger charge is -2.04. The van der Waals surface area contributed by atoms with Gasteiger partial charge in [0.1, 0.15) is 23.8 Å². The van der Waals surface area contributed by atoms with Gasteiger partial charge in [0.15, 0.2) is 0 Å². The molecule has 2 heterocycles. The van der Waals surface area contributed by atoms with Gasteiger partial charge in [-0.15, -0.1) is 0 Å². The van der Waals surface area contributed by atoms with Crippen LogP contribution in [-0.4, -0.2) is 22.3 Å². The van der Waals surface area contributed by atoms with Crippen LogP contribution in [0.15, 0.2) is 51.4 Å². The van der Waals surface area contributed by atoms with Crippen molar-refractivity contribution in [3.05, 3.63) is 54.0 Å². The maximum atomic E-state index is 10.7. The smallest absolute Gasteiger partial charge is 0.412 e. The Morgan fingerprint density at radius 1 is 1.16 bits per heavy atom. The van der Waals surface area contributed by atoms with Gasteiger partial charge >= 0.3 is 18.0 Å². The number of carboxylic acid groups (broad SMARTS) is 1. The first kappa shape index (κ1) is 16.1. The third-order valence-electron chi connectivity index (χ3n) is 3.09. The van der Waals surface area contributed by atoms with Gasteiger partial charge in [-0.3, -0.25) is 0 Å². The van der Waals surface area contributed by atoms with Crippen molar-refractivity contribution in [1.29, 1.82) is 0 Å². The molecule has 1 aromatic carbocycles. The van der Waals surface area contributed by atoms with E-state index in [1.54, 1.807) is 24.3 Å². The van der Waals surface area contributed by atoms with Crippen LogP contribution in [0.25, 0.3) is 11.3 Å². The van der Waals surface area contributed by atoms with Gasteiger partial charge in [0, 0.05) is 5.56 Å². The molecule has 0 spiro atoms. The van der Waals surface area contributed by atoms with Gasteiger partial charge in [-0.1, -0.05) is 5.16 Å². The molecule has 0 bridgehead atoms. The molecule has 25 heavy (non-hydrogen) atoms. The SMILES string of the molecule is NC(=O)Oc1cc(-c2ccc(OCc3ccc(C(=O)O)o3)cc2)no1. The van der Waals surface area contributed by atoms with E-state index in [1.165, 1.54) is 18.2 Å². The highest BCUT2D eigenvalue weighted by Gasteiger charge is 2.11. The number of ether oxygens (including phenoxy) is 2. The molecule has 0 saturated carbocycles. The van der Waals surface area contributed by atoms with Crippen molar-refractivity contribution >= 4 is 12.1 Å². The van der Waals surface area contributed by atoms with Crippen molar-refractivity contribution in [1.82, 2.24) is 5.16 Å². The van der Waals surface area contributed by atoms with Crippen LogP contribution in [0.5, 0.6) is 11.7 Å². The first-order chi connectivity index (χ1) is 12.0. The van der Waals surface area contributed by atoms with E-state index in [1.807, 2.05) is 0 Å². The number of rotatable bonds is 6. The average Bonchev–Trinajstić information content (AvgIpc) is 3.22. The molecule has 9 nitrogen and oxygen atoms in total. The molecule has 2 aromatic heterocycles. The van der Waals surface area contributed by atoms with E-state index in [-0.39, 0.29) is 18.3 Å². The van der Waals surface area contributed by atoms with Crippen LogP contribution in [0.3, 0.4) is 0 Å². The molecule has 0 aliphatic carbocycles. The summed E-state index contributed by atoms with van der Waals surface area (Å²) in [5.41, 5.74) is 6.05. The number of aromatic carboxylic acids is 1. The van der Waals surface area contributed by atoms with Crippen LogP contribution in [0.2, 0.25) is 0 Å². The zero-order chi connectivity index (χ0) is 17.8. The molecule has 0 radical (unpaired) electrons. The number of hydrogen-bond donors (Lipinski definition) is 2. The van der Waals surface area contributed by atoms with Crippen molar-refractivity contribution in [3.63, 3.8) is 0 Å². The van der Waals surface area contributed by atoms with E-state index in [0.29, 0.717) is 22.8 Å². The molecule has 1 amide bonds.